The average molecular weight is 275 g/mol. The molecule has 0 aromatic carbocycles. The molecule has 0 radical (unpaired) electrons. The van der Waals surface area contributed by atoms with Gasteiger partial charge < -0.3 is 9.73 Å². The van der Waals surface area contributed by atoms with Crippen molar-refractivity contribution in [1.82, 2.24) is 10.3 Å². The second-order valence-electron chi connectivity index (χ2n) is 5.38. The molecule has 1 saturated carbocycles. The van der Waals surface area contributed by atoms with Crippen molar-refractivity contribution in [2.75, 3.05) is 0 Å². The number of nitrogens with zero attached hydrogens (tertiary/aromatic N) is 2. The molecule has 2 aliphatic rings. The van der Waals surface area contributed by atoms with Crippen molar-refractivity contribution in [2.45, 2.75) is 44.6 Å². The molecule has 3 amide bonds. The molecular weight excluding hydrogens is 258 g/mol. The molecule has 106 valence electrons. The van der Waals surface area contributed by atoms with E-state index in [0.717, 1.165) is 30.0 Å². The average Bonchev–Trinajstić information content (AvgIpc) is 2.93. The third-order valence-electron chi connectivity index (χ3n) is 3.91. The van der Waals surface area contributed by atoms with Crippen molar-refractivity contribution in [1.29, 1.82) is 0 Å². The molecular formula is C14H17N3O3. The molecule has 1 aliphatic carbocycles. The van der Waals surface area contributed by atoms with Crippen LogP contribution in [0.5, 0.6) is 0 Å². The zero-order valence-electron chi connectivity index (χ0n) is 11.4. The largest absolute Gasteiger partial charge is 0.460 e. The Labute approximate surface area is 116 Å². The zero-order chi connectivity index (χ0) is 14.2. The van der Waals surface area contributed by atoms with Crippen LogP contribution in [0.15, 0.2) is 21.7 Å². The van der Waals surface area contributed by atoms with Crippen molar-refractivity contribution >= 4 is 18.2 Å². The number of hydrazone groups is 1. The lowest BCUT2D eigenvalue weighted by Crippen LogP contribution is -2.48. The lowest BCUT2D eigenvalue weighted by atomic mass is 9.82. The van der Waals surface area contributed by atoms with Gasteiger partial charge in [-0.05, 0) is 31.9 Å². The highest BCUT2D eigenvalue weighted by molar-refractivity contribution is 6.07. The Kier molecular flexibility index (Phi) is 3.08. The Morgan fingerprint density at radius 3 is 2.70 bits per heavy atom. The number of urea groups is 1. The molecule has 1 N–H and O–H groups in total. The first-order chi connectivity index (χ1) is 9.61. The Balaban J connectivity index is 1.78. The third-order valence-corrected chi connectivity index (χ3v) is 3.91. The van der Waals surface area contributed by atoms with Gasteiger partial charge in [-0.1, -0.05) is 19.3 Å². The Morgan fingerprint density at radius 1 is 1.30 bits per heavy atom. The normalized spacial score (nSPS) is 21.9. The van der Waals surface area contributed by atoms with E-state index >= 15 is 0 Å². The van der Waals surface area contributed by atoms with Crippen LogP contribution in [0.2, 0.25) is 0 Å². The summed E-state index contributed by atoms with van der Waals surface area (Å²) in [6, 6.07) is 3.10. The lowest BCUT2D eigenvalue weighted by Gasteiger charge is -2.29. The van der Waals surface area contributed by atoms with E-state index in [1.54, 1.807) is 12.1 Å². The van der Waals surface area contributed by atoms with E-state index in [1.165, 1.54) is 6.21 Å². The number of aryl methyl sites for hydroxylation is 1. The van der Waals surface area contributed by atoms with Gasteiger partial charge in [0, 0.05) is 0 Å². The first-order valence-corrected chi connectivity index (χ1v) is 6.88. The van der Waals surface area contributed by atoms with Gasteiger partial charge >= 0.3 is 6.03 Å². The Morgan fingerprint density at radius 2 is 2.05 bits per heavy atom. The molecule has 1 aliphatic heterocycles. The van der Waals surface area contributed by atoms with Crippen LogP contribution in [-0.4, -0.2) is 28.7 Å². The number of imide groups is 1. The number of carbonyl (C=O) groups is 2. The van der Waals surface area contributed by atoms with Gasteiger partial charge in [-0.2, -0.15) is 5.10 Å². The molecule has 1 aromatic heterocycles. The maximum atomic E-state index is 12.4. The van der Waals surface area contributed by atoms with E-state index in [2.05, 4.69) is 10.4 Å². The molecule has 1 saturated heterocycles. The number of carbonyl (C=O) groups excluding carboxylic acids is 2. The number of nitrogens with one attached hydrogen (secondary N) is 1. The van der Waals surface area contributed by atoms with Gasteiger partial charge in [-0.25, -0.2) is 4.79 Å². The summed E-state index contributed by atoms with van der Waals surface area (Å²) in [5.41, 5.74) is -0.730. The number of hydrogen-bond donors (Lipinski definition) is 1. The highest BCUT2D eigenvalue weighted by Crippen LogP contribution is 2.33. The fourth-order valence-corrected chi connectivity index (χ4v) is 2.84. The summed E-state index contributed by atoms with van der Waals surface area (Å²) in [5.74, 6) is 1.03. The minimum atomic E-state index is -0.730. The SMILES string of the molecule is Cc1ccc(C=NN2C(=O)NC3(CCCCC3)C2=O)o1. The maximum absolute atomic E-state index is 12.4. The van der Waals surface area contributed by atoms with Crippen LogP contribution >= 0.6 is 0 Å². The first kappa shape index (κ1) is 12.9. The Hall–Kier alpha value is -2.11. The smallest absolute Gasteiger partial charge is 0.346 e. The molecule has 3 rings (SSSR count). The molecule has 1 aromatic rings. The van der Waals surface area contributed by atoms with Crippen molar-refractivity contribution in [3.05, 3.63) is 23.7 Å². The number of amides is 3. The molecule has 0 atom stereocenters. The minimum Gasteiger partial charge on any atom is -0.460 e. The fraction of sp³-hybridized carbons (Fsp3) is 0.500. The van der Waals surface area contributed by atoms with Crippen LogP contribution in [0, 0.1) is 6.92 Å². The quantitative estimate of drug-likeness (QED) is 0.664. The molecule has 6 heteroatoms. The summed E-state index contributed by atoms with van der Waals surface area (Å²) >= 11 is 0. The molecule has 0 unspecified atom stereocenters. The van der Waals surface area contributed by atoms with Gasteiger partial charge in [0.05, 0.1) is 6.21 Å². The number of furan rings is 1. The van der Waals surface area contributed by atoms with Gasteiger partial charge in [0.15, 0.2) is 0 Å². The van der Waals surface area contributed by atoms with Crippen LogP contribution < -0.4 is 5.32 Å². The fourth-order valence-electron chi connectivity index (χ4n) is 2.84. The van der Waals surface area contributed by atoms with Crippen LogP contribution in [0.4, 0.5) is 4.79 Å². The zero-order valence-corrected chi connectivity index (χ0v) is 11.4. The van der Waals surface area contributed by atoms with Gasteiger partial charge in [0.25, 0.3) is 5.91 Å². The minimum absolute atomic E-state index is 0.248. The molecule has 20 heavy (non-hydrogen) atoms. The predicted molar refractivity (Wildman–Crippen MR) is 72.2 cm³/mol. The van der Waals surface area contributed by atoms with Crippen molar-refractivity contribution in [2.24, 2.45) is 5.10 Å². The van der Waals surface area contributed by atoms with E-state index in [4.69, 9.17) is 4.42 Å². The summed E-state index contributed by atoms with van der Waals surface area (Å²) in [4.78, 5) is 24.4. The van der Waals surface area contributed by atoms with Crippen LogP contribution in [0.1, 0.15) is 43.6 Å². The van der Waals surface area contributed by atoms with Gasteiger partial charge in [0.2, 0.25) is 0 Å². The van der Waals surface area contributed by atoms with Gasteiger partial charge in [-0.3, -0.25) is 4.79 Å². The van der Waals surface area contributed by atoms with E-state index < -0.39 is 11.6 Å². The van der Waals surface area contributed by atoms with E-state index in [-0.39, 0.29) is 5.91 Å². The number of rotatable bonds is 2. The predicted octanol–water partition coefficient (Wildman–Crippen LogP) is 2.18. The van der Waals surface area contributed by atoms with E-state index in [0.29, 0.717) is 18.6 Å². The highest BCUT2D eigenvalue weighted by atomic mass is 16.3. The molecule has 2 fully saturated rings. The summed E-state index contributed by atoms with van der Waals surface area (Å²) < 4.78 is 5.33. The molecule has 1 spiro atoms. The second-order valence-corrected chi connectivity index (χ2v) is 5.38. The first-order valence-electron chi connectivity index (χ1n) is 6.88. The van der Waals surface area contributed by atoms with Crippen molar-refractivity contribution in [3.8, 4) is 0 Å². The second kappa shape index (κ2) is 4.77. The summed E-state index contributed by atoms with van der Waals surface area (Å²) in [5, 5.41) is 7.69. The Bertz CT molecular complexity index is 570. The molecule has 2 heterocycles. The molecule has 0 bridgehead atoms. The number of hydrogen-bond acceptors (Lipinski definition) is 4. The van der Waals surface area contributed by atoms with E-state index in [1.807, 2.05) is 6.92 Å². The summed E-state index contributed by atoms with van der Waals surface area (Å²) in [7, 11) is 0. The maximum Gasteiger partial charge on any atom is 0.346 e. The van der Waals surface area contributed by atoms with Crippen LogP contribution in [0.3, 0.4) is 0 Å². The topological polar surface area (TPSA) is 74.9 Å². The highest BCUT2D eigenvalue weighted by Gasteiger charge is 2.51. The van der Waals surface area contributed by atoms with Crippen molar-refractivity contribution in [3.63, 3.8) is 0 Å². The van der Waals surface area contributed by atoms with Crippen LogP contribution in [-0.2, 0) is 4.79 Å². The van der Waals surface area contributed by atoms with E-state index in [9.17, 15) is 9.59 Å². The summed E-state index contributed by atoms with van der Waals surface area (Å²) in [6.45, 7) is 1.82. The standard InChI is InChI=1S/C14H17N3O3/c1-10-5-6-11(20-10)9-15-17-12(18)14(16-13(17)19)7-3-2-4-8-14/h5-6,9H,2-4,7-8H2,1H3,(H,16,19). The van der Waals surface area contributed by atoms with Gasteiger partial charge in [0.1, 0.15) is 17.1 Å². The molecule has 6 nitrogen and oxygen atoms in total. The van der Waals surface area contributed by atoms with Crippen LogP contribution in [0.25, 0.3) is 0 Å². The summed E-state index contributed by atoms with van der Waals surface area (Å²) in [6.07, 6.45) is 5.82. The van der Waals surface area contributed by atoms with Crippen molar-refractivity contribution < 1.29 is 14.0 Å². The van der Waals surface area contributed by atoms with Gasteiger partial charge in [-0.15, -0.1) is 5.01 Å². The monoisotopic (exact) mass is 275 g/mol. The lowest BCUT2D eigenvalue weighted by molar-refractivity contribution is -0.132. The third kappa shape index (κ3) is 2.11.